The molecule has 1 aromatic carbocycles. The number of carbonyl (C=O) groups is 1. The van der Waals surface area contributed by atoms with Gasteiger partial charge in [-0.1, -0.05) is 31.0 Å². The van der Waals surface area contributed by atoms with Crippen molar-refractivity contribution in [2.24, 2.45) is 4.99 Å². The van der Waals surface area contributed by atoms with Crippen LogP contribution in [0.5, 0.6) is 5.75 Å². The second-order valence-corrected chi connectivity index (χ2v) is 7.09. The van der Waals surface area contributed by atoms with Gasteiger partial charge in [-0.15, -0.1) is 24.0 Å². The number of hydrogen-bond acceptors (Lipinski definition) is 4. The van der Waals surface area contributed by atoms with Gasteiger partial charge in [0.25, 0.3) is 0 Å². The van der Waals surface area contributed by atoms with Gasteiger partial charge in [0.15, 0.2) is 5.96 Å². The predicted molar refractivity (Wildman–Crippen MR) is 128 cm³/mol. The van der Waals surface area contributed by atoms with Gasteiger partial charge < -0.3 is 19.7 Å². The maximum atomic E-state index is 11.1. The van der Waals surface area contributed by atoms with E-state index in [9.17, 15) is 4.79 Å². The Morgan fingerprint density at radius 3 is 2.48 bits per heavy atom. The third-order valence-corrected chi connectivity index (χ3v) is 4.90. The Labute approximate surface area is 192 Å². The Bertz CT molecular complexity index is 590. The number of aliphatic imine (C=N–C) groups is 1. The van der Waals surface area contributed by atoms with Gasteiger partial charge in [-0.25, -0.2) is 0 Å². The zero-order valence-corrected chi connectivity index (χ0v) is 20.1. The number of benzene rings is 1. The molecule has 29 heavy (non-hydrogen) atoms. The van der Waals surface area contributed by atoms with Crippen molar-refractivity contribution in [2.75, 3.05) is 33.3 Å². The Morgan fingerprint density at radius 2 is 1.83 bits per heavy atom. The van der Waals surface area contributed by atoms with E-state index in [0.717, 1.165) is 76.4 Å². The van der Waals surface area contributed by atoms with Crippen molar-refractivity contribution in [2.45, 2.75) is 58.0 Å². The van der Waals surface area contributed by atoms with Crippen molar-refractivity contribution < 1.29 is 14.3 Å². The Hall–Kier alpha value is -1.51. The number of guanidine groups is 1. The van der Waals surface area contributed by atoms with Crippen LogP contribution < -0.4 is 10.1 Å². The molecule has 0 unspecified atom stereocenters. The highest BCUT2D eigenvalue weighted by Crippen LogP contribution is 2.18. The molecule has 6 nitrogen and oxygen atoms in total. The van der Waals surface area contributed by atoms with Gasteiger partial charge in [0, 0.05) is 45.4 Å². The van der Waals surface area contributed by atoms with Crippen molar-refractivity contribution in [3.63, 3.8) is 0 Å². The number of rotatable bonds is 10. The molecule has 1 aliphatic rings. The van der Waals surface area contributed by atoms with Crippen LogP contribution >= 0.6 is 24.0 Å². The number of para-hydroxylation sites is 1. The number of esters is 1. The van der Waals surface area contributed by atoms with E-state index in [1.54, 1.807) is 0 Å². The van der Waals surface area contributed by atoms with Crippen LogP contribution in [0.3, 0.4) is 0 Å². The lowest BCUT2D eigenvalue weighted by Crippen LogP contribution is -2.47. The van der Waals surface area contributed by atoms with Gasteiger partial charge in [0.1, 0.15) is 11.9 Å². The number of methoxy groups -OCH3 is 1. The van der Waals surface area contributed by atoms with E-state index in [2.05, 4.69) is 21.9 Å². The molecule has 7 heteroatoms. The zero-order chi connectivity index (χ0) is 20.0. The van der Waals surface area contributed by atoms with Crippen molar-refractivity contribution in [3.05, 3.63) is 30.3 Å². The largest absolute Gasteiger partial charge is 0.490 e. The van der Waals surface area contributed by atoms with Crippen LogP contribution in [-0.4, -0.2) is 56.2 Å². The van der Waals surface area contributed by atoms with Gasteiger partial charge in [-0.3, -0.25) is 9.79 Å². The Kier molecular flexibility index (Phi) is 13.5. The van der Waals surface area contributed by atoms with Crippen molar-refractivity contribution >= 4 is 35.9 Å². The summed E-state index contributed by atoms with van der Waals surface area (Å²) in [5, 5.41) is 3.42. The lowest BCUT2D eigenvalue weighted by Gasteiger charge is -2.34. The van der Waals surface area contributed by atoms with Gasteiger partial charge in [0.05, 0.1) is 7.11 Å². The van der Waals surface area contributed by atoms with Crippen LogP contribution in [0.15, 0.2) is 35.3 Å². The van der Waals surface area contributed by atoms with Gasteiger partial charge in [-0.05, 0) is 31.9 Å². The smallest absolute Gasteiger partial charge is 0.305 e. The number of halogens is 1. The molecule has 1 heterocycles. The first-order valence-corrected chi connectivity index (χ1v) is 10.5. The van der Waals surface area contributed by atoms with Crippen LogP contribution in [0.2, 0.25) is 0 Å². The van der Waals surface area contributed by atoms with Crippen LogP contribution in [0.4, 0.5) is 0 Å². The molecule has 1 aliphatic heterocycles. The Morgan fingerprint density at radius 1 is 1.14 bits per heavy atom. The molecular weight excluding hydrogens is 481 g/mol. The van der Waals surface area contributed by atoms with Crippen LogP contribution in [0, 0.1) is 0 Å². The number of carbonyl (C=O) groups excluding carboxylic acids is 1. The molecule has 0 aromatic heterocycles. The molecule has 0 bridgehead atoms. The van der Waals surface area contributed by atoms with Crippen LogP contribution in [0.1, 0.15) is 51.9 Å². The summed E-state index contributed by atoms with van der Waals surface area (Å²) in [7, 11) is 1.44. The number of unbranched alkanes of at least 4 members (excludes halogenated alkanes) is 3. The summed E-state index contributed by atoms with van der Waals surface area (Å²) in [5.74, 6) is 1.84. The molecule has 2 rings (SSSR count). The number of nitrogens with zero attached hydrogens (tertiary/aromatic N) is 2. The summed E-state index contributed by atoms with van der Waals surface area (Å²) in [5.41, 5.74) is 0. The lowest BCUT2D eigenvalue weighted by atomic mass is 10.1. The van der Waals surface area contributed by atoms with Crippen LogP contribution in [-0.2, 0) is 9.53 Å². The quantitative estimate of drug-likeness (QED) is 0.166. The minimum absolute atomic E-state index is 0. The minimum Gasteiger partial charge on any atom is -0.490 e. The fraction of sp³-hybridized carbons (Fsp3) is 0.636. The number of ether oxygens (including phenoxy) is 2. The van der Waals surface area contributed by atoms with Crippen molar-refractivity contribution in [1.29, 1.82) is 0 Å². The molecule has 1 fully saturated rings. The maximum Gasteiger partial charge on any atom is 0.305 e. The third-order valence-electron chi connectivity index (χ3n) is 4.90. The molecule has 1 N–H and O–H groups in total. The third kappa shape index (κ3) is 10.2. The standard InChI is InChI=1S/C22H35N3O3.HI/c1-3-23-22(24-16-10-5-4-9-13-21(26)27-2)25-17-14-20(15-18-25)28-19-11-7-6-8-12-19;/h6-8,11-12,20H,3-5,9-10,13-18H2,1-2H3,(H,23,24);1H. The topological polar surface area (TPSA) is 63.2 Å². The normalized spacial score (nSPS) is 14.8. The molecule has 1 saturated heterocycles. The fourth-order valence-corrected chi connectivity index (χ4v) is 3.32. The Balaban J connectivity index is 0.00000420. The van der Waals surface area contributed by atoms with Crippen LogP contribution in [0.25, 0.3) is 0 Å². The van der Waals surface area contributed by atoms with E-state index in [4.69, 9.17) is 9.73 Å². The molecule has 1 aromatic rings. The number of nitrogens with one attached hydrogen (secondary N) is 1. The molecule has 0 atom stereocenters. The SMILES string of the molecule is CCNC(=NCCCCCCC(=O)OC)N1CCC(Oc2ccccc2)CC1.I. The molecular formula is C22H36IN3O3. The number of hydrogen-bond donors (Lipinski definition) is 1. The second kappa shape index (κ2) is 15.3. The molecule has 0 saturated carbocycles. The highest BCUT2D eigenvalue weighted by molar-refractivity contribution is 14.0. The lowest BCUT2D eigenvalue weighted by molar-refractivity contribution is -0.140. The highest BCUT2D eigenvalue weighted by atomic mass is 127. The summed E-state index contributed by atoms with van der Waals surface area (Å²) in [6.07, 6.45) is 6.88. The number of likely N-dealkylation sites (tertiary alicyclic amines) is 1. The van der Waals surface area contributed by atoms with Gasteiger partial charge >= 0.3 is 5.97 Å². The van der Waals surface area contributed by atoms with E-state index < -0.39 is 0 Å². The highest BCUT2D eigenvalue weighted by Gasteiger charge is 2.22. The average Bonchev–Trinajstić information content (AvgIpc) is 2.73. The van der Waals surface area contributed by atoms with Gasteiger partial charge in [-0.2, -0.15) is 0 Å². The predicted octanol–water partition coefficient (Wildman–Crippen LogP) is 4.24. The second-order valence-electron chi connectivity index (χ2n) is 7.09. The maximum absolute atomic E-state index is 11.1. The van der Waals surface area contributed by atoms with Gasteiger partial charge in [0.2, 0.25) is 0 Å². The van der Waals surface area contributed by atoms with Crippen molar-refractivity contribution in [1.82, 2.24) is 10.2 Å². The summed E-state index contributed by atoms with van der Waals surface area (Å²) in [4.78, 5) is 18.2. The summed E-state index contributed by atoms with van der Waals surface area (Å²) in [6.45, 7) is 5.72. The number of piperidine rings is 1. The fourth-order valence-electron chi connectivity index (χ4n) is 3.32. The summed E-state index contributed by atoms with van der Waals surface area (Å²) >= 11 is 0. The summed E-state index contributed by atoms with van der Waals surface area (Å²) in [6, 6.07) is 10.1. The minimum atomic E-state index is -0.118. The molecule has 0 aliphatic carbocycles. The van der Waals surface area contributed by atoms with E-state index in [1.165, 1.54) is 7.11 Å². The van der Waals surface area contributed by atoms with E-state index >= 15 is 0 Å². The van der Waals surface area contributed by atoms with Crippen molar-refractivity contribution in [3.8, 4) is 5.75 Å². The van der Waals surface area contributed by atoms with E-state index in [0.29, 0.717) is 6.42 Å². The summed E-state index contributed by atoms with van der Waals surface area (Å²) < 4.78 is 10.7. The monoisotopic (exact) mass is 517 g/mol. The molecule has 0 spiro atoms. The molecule has 164 valence electrons. The first kappa shape index (κ1) is 25.5. The zero-order valence-electron chi connectivity index (χ0n) is 17.8. The van der Waals surface area contributed by atoms with E-state index in [-0.39, 0.29) is 36.0 Å². The average molecular weight is 517 g/mol. The molecule has 0 amide bonds. The first-order valence-electron chi connectivity index (χ1n) is 10.5. The van der Waals surface area contributed by atoms with E-state index in [1.807, 2.05) is 30.3 Å². The molecule has 0 radical (unpaired) electrons. The first-order chi connectivity index (χ1) is 13.7.